The van der Waals surface area contributed by atoms with Crippen molar-refractivity contribution >= 4 is 12.2 Å². The number of terminal acetylenes is 1. The minimum atomic E-state index is -0.209. The molecule has 0 spiro atoms. The molecule has 2 N–H and O–H groups in total. The van der Waals surface area contributed by atoms with Gasteiger partial charge in [0.25, 0.3) is 0 Å². The lowest BCUT2D eigenvalue weighted by molar-refractivity contribution is -0.123. The van der Waals surface area contributed by atoms with Gasteiger partial charge in [-0.15, -0.1) is 6.42 Å². The molecule has 0 aliphatic rings. The van der Waals surface area contributed by atoms with Crippen LogP contribution in [0.1, 0.15) is 6.42 Å². The van der Waals surface area contributed by atoms with Gasteiger partial charge >= 0.3 is 0 Å². The van der Waals surface area contributed by atoms with Gasteiger partial charge in [-0.05, 0) is 0 Å². The van der Waals surface area contributed by atoms with E-state index in [1.165, 1.54) is 0 Å². The quantitative estimate of drug-likeness (QED) is 0.326. The zero-order valence-electron chi connectivity index (χ0n) is 8.16. The summed E-state index contributed by atoms with van der Waals surface area (Å²) >= 11 is 0. The van der Waals surface area contributed by atoms with E-state index in [9.17, 15) is 9.59 Å². The van der Waals surface area contributed by atoms with Crippen molar-refractivity contribution in [3.63, 3.8) is 0 Å². The topological polar surface area (TPSA) is 75.6 Å². The number of ether oxygens (including phenoxy) is 1. The number of hydrogen-bond donors (Lipinski definition) is 2. The van der Waals surface area contributed by atoms with E-state index in [0.29, 0.717) is 6.29 Å². The van der Waals surface area contributed by atoms with Crippen LogP contribution in [0.4, 0.5) is 0 Å². The lowest BCUT2D eigenvalue weighted by Gasteiger charge is -2.00. The van der Waals surface area contributed by atoms with Crippen LogP contribution in [0.3, 0.4) is 0 Å². The number of amides is 1. The molecule has 0 aromatic heterocycles. The third kappa shape index (κ3) is 13.2. The standard InChI is InChI=1S/C8H11NO3.CH4O/c1-2-6-12-7-3-8(11)9-4-5-10;1-2/h1,5H,3-4,6-7H2,(H,9,11);2H,1H3. The molecule has 0 saturated carbocycles. The Morgan fingerprint density at radius 1 is 1.64 bits per heavy atom. The van der Waals surface area contributed by atoms with Gasteiger partial charge in [-0.3, -0.25) is 4.79 Å². The van der Waals surface area contributed by atoms with Gasteiger partial charge in [0.05, 0.1) is 19.6 Å². The normalized spacial score (nSPS) is 7.79. The fourth-order valence-corrected chi connectivity index (χ4v) is 0.540. The second-order valence-corrected chi connectivity index (χ2v) is 1.98. The molecule has 0 saturated heterocycles. The van der Waals surface area contributed by atoms with E-state index < -0.39 is 0 Å². The van der Waals surface area contributed by atoms with E-state index in [0.717, 1.165) is 7.11 Å². The predicted molar refractivity (Wildman–Crippen MR) is 51.5 cm³/mol. The Kier molecular flexibility index (Phi) is 15.3. The second kappa shape index (κ2) is 14.2. The number of carbonyl (C=O) groups is 2. The maximum atomic E-state index is 10.8. The highest BCUT2D eigenvalue weighted by Crippen LogP contribution is 1.81. The largest absolute Gasteiger partial charge is 0.400 e. The van der Waals surface area contributed by atoms with Crippen LogP contribution in [-0.4, -0.2) is 44.2 Å². The number of carbonyl (C=O) groups excluding carboxylic acids is 2. The predicted octanol–water partition coefficient (Wildman–Crippen LogP) is -1.05. The van der Waals surface area contributed by atoms with Crippen molar-refractivity contribution in [3.8, 4) is 12.3 Å². The molecule has 5 nitrogen and oxygen atoms in total. The fourth-order valence-electron chi connectivity index (χ4n) is 0.540. The van der Waals surface area contributed by atoms with Crippen LogP contribution in [0.25, 0.3) is 0 Å². The van der Waals surface area contributed by atoms with Crippen molar-refractivity contribution in [2.45, 2.75) is 6.42 Å². The number of aliphatic hydroxyl groups is 1. The van der Waals surface area contributed by atoms with Crippen LogP contribution in [0, 0.1) is 12.3 Å². The van der Waals surface area contributed by atoms with Crippen molar-refractivity contribution in [1.29, 1.82) is 0 Å². The summed E-state index contributed by atoms with van der Waals surface area (Å²) in [4.78, 5) is 20.6. The highest BCUT2D eigenvalue weighted by molar-refractivity contribution is 5.78. The molecule has 0 atom stereocenters. The first-order valence-corrected chi connectivity index (χ1v) is 3.97. The van der Waals surface area contributed by atoms with Crippen molar-refractivity contribution < 1.29 is 19.4 Å². The third-order valence-electron chi connectivity index (χ3n) is 1.04. The second-order valence-electron chi connectivity index (χ2n) is 1.98. The molecular formula is C9H15NO4. The van der Waals surface area contributed by atoms with Gasteiger partial charge in [0.15, 0.2) is 0 Å². The number of aldehydes is 1. The molecule has 0 aliphatic carbocycles. The first-order chi connectivity index (χ1) is 6.81. The third-order valence-corrected chi connectivity index (χ3v) is 1.04. The highest BCUT2D eigenvalue weighted by atomic mass is 16.5. The molecule has 0 aromatic rings. The number of aliphatic hydroxyl groups excluding tert-OH is 1. The Labute approximate surface area is 83.4 Å². The summed E-state index contributed by atoms with van der Waals surface area (Å²) in [7, 11) is 1.00. The van der Waals surface area contributed by atoms with Gasteiger partial charge in [-0.1, -0.05) is 5.92 Å². The van der Waals surface area contributed by atoms with Crippen molar-refractivity contribution in [1.82, 2.24) is 5.32 Å². The maximum Gasteiger partial charge on any atom is 0.222 e. The van der Waals surface area contributed by atoms with Crippen molar-refractivity contribution in [3.05, 3.63) is 0 Å². The Bertz CT molecular complexity index is 186. The summed E-state index contributed by atoms with van der Waals surface area (Å²) < 4.78 is 4.85. The minimum absolute atomic E-state index is 0.0496. The first-order valence-electron chi connectivity index (χ1n) is 3.97. The Hall–Kier alpha value is -1.38. The SMILES string of the molecule is C#CCOCCC(=O)NCC=O.CO. The Morgan fingerprint density at radius 2 is 2.29 bits per heavy atom. The molecule has 0 bridgehead atoms. The summed E-state index contributed by atoms with van der Waals surface area (Å²) in [6.45, 7) is 0.545. The number of rotatable bonds is 6. The molecule has 0 fully saturated rings. The Morgan fingerprint density at radius 3 is 2.79 bits per heavy atom. The van der Waals surface area contributed by atoms with Gasteiger partial charge in [0, 0.05) is 7.11 Å². The van der Waals surface area contributed by atoms with E-state index in [1.807, 2.05) is 0 Å². The fraction of sp³-hybridized carbons (Fsp3) is 0.556. The molecular weight excluding hydrogens is 186 g/mol. The summed E-state index contributed by atoms with van der Waals surface area (Å²) in [5.74, 6) is 2.07. The number of hydrogen-bond acceptors (Lipinski definition) is 4. The van der Waals surface area contributed by atoms with Crippen molar-refractivity contribution in [2.24, 2.45) is 0 Å². The molecule has 0 aliphatic heterocycles. The van der Waals surface area contributed by atoms with Gasteiger partial charge in [-0.2, -0.15) is 0 Å². The molecule has 5 heteroatoms. The summed E-state index contributed by atoms with van der Waals surface area (Å²) in [6.07, 6.45) is 5.76. The smallest absolute Gasteiger partial charge is 0.222 e. The molecule has 1 amide bonds. The summed E-state index contributed by atoms with van der Waals surface area (Å²) in [6, 6.07) is 0. The highest BCUT2D eigenvalue weighted by Gasteiger charge is 1.98. The molecule has 0 heterocycles. The van der Waals surface area contributed by atoms with E-state index in [1.54, 1.807) is 0 Å². The van der Waals surface area contributed by atoms with Crippen LogP contribution in [0.15, 0.2) is 0 Å². The monoisotopic (exact) mass is 201 g/mol. The van der Waals surface area contributed by atoms with E-state index in [2.05, 4.69) is 11.2 Å². The molecule has 0 unspecified atom stereocenters. The van der Waals surface area contributed by atoms with E-state index in [-0.39, 0.29) is 32.1 Å². The molecule has 0 radical (unpaired) electrons. The lowest BCUT2D eigenvalue weighted by Crippen LogP contribution is -2.26. The summed E-state index contributed by atoms with van der Waals surface area (Å²) in [5.41, 5.74) is 0. The van der Waals surface area contributed by atoms with Crippen LogP contribution >= 0.6 is 0 Å². The minimum Gasteiger partial charge on any atom is -0.400 e. The molecule has 80 valence electrons. The molecule has 0 rings (SSSR count). The van der Waals surface area contributed by atoms with Crippen LogP contribution in [0.2, 0.25) is 0 Å². The average Bonchev–Trinajstić information content (AvgIpc) is 2.24. The number of nitrogens with one attached hydrogen (secondary N) is 1. The van der Waals surface area contributed by atoms with Gasteiger partial charge in [0.2, 0.25) is 5.91 Å². The molecule has 0 aromatic carbocycles. The van der Waals surface area contributed by atoms with Crippen LogP contribution in [0.5, 0.6) is 0 Å². The van der Waals surface area contributed by atoms with E-state index in [4.69, 9.17) is 16.3 Å². The van der Waals surface area contributed by atoms with Gasteiger partial charge < -0.3 is 20.0 Å². The van der Waals surface area contributed by atoms with E-state index >= 15 is 0 Å². The van der Waals surface area contributed by atoms with Crippen LogP contribution in [-0.2, 0) is 14.3 Å². The first kappa shape index (κ1) is 15.1. The van der Waals surface area contributed by atoms with Gasteiger partial charge in [-0.25, -0.2) is 0 Å². The zero-order chi connectivity index (χ0) is 11.2. The Balaban J connectivity index is 0. The van der Waals surface area contributed by atoms with Crippen LogP contribution < -0.4 is 5.32 Å². The van der Waals surface area contributed by atoms with Gasteiger partial charge in [0.1, 0.15) is 12.9 Å². The maximum absolute atomic E-state index is 10.8. The molecule has 14 heavy (non-hydrogen) atoms. The lowest BCUT2D eigenvalue weighted by atomic mass is 10.4. The van der Waals surface area contributed by atoms with Crippen molar-refractivity contribution in [2.75, 3.05) is 26.9 Å². The average molecular weight is 201 g/mol. The summed E-state index contributed by atoms with van der Waals surface area (Å²) in [5, 5.41) is 9.37. The zero-order valence-corrected chi connectivity index (χ0v) is 8.16.